The van der Waals surface area contributed by atoms with Crippen LogP contribution in [0.25, 0.3) is 0 Å². The molecule has 0 fully saturated rings. The Morgan fingerprint density at radius 3 is 2.67 bits per heavy atom. The summed E-state index contributed by atoms with van der Waals surface area (Å²) in [6.45, 7) is 0.348. The third-order valence-corrected chi connectivity index (χ3v) is 2.84. The molecule has 3 N–H and O–H groups in total. The highest BCUT2D eigenvalue weighted by atomic mass is 16.5. The first kappa shape index (κ1) is 16.8. The van der Waals surface area contributed by atoms with E-state index in [1.807, 2.05) is 24.3 Å². The van der Waals surface area contributed by atoms with Crippen LogP contribution in [0.1, 0.15) is 5.56 Å². The Kier molecular flexibility index (Phi) is 7.03. The maximum absolute atomic E-state index is 11.5. The van der Waals surface area contributed by atoms with Crippen LogP contribution in [0.4, 0.5) is 4.79 Å². The lowest BCUT2D eigenvalue weighted by molar-refractivity contribution is -0.147. The first-order valence-corrected chi connectivity index (χ1v) is 6.47. The average Bonchev–Trinajstić information content (AvgIpc) is 2.47. The van der Waals surface area contributed by atoms with Crippen LogP contribution in [0.2, 0.25) is 0 Å². The maximum Gasteiger partial charge on any atom is 0.334 e. The molecule has 0 spiro atoms. The Morgan fingerprint density at radius 1 is 1.29 bits per heavy atom. The molecular formula is C14H20N2O5. The Morgan fingerprint density at radius 2 is 2.05 bits per heavy atom. The van der Waals surface area contributed by atoms with E-state index in [9.17, 15) is 9.59 Å². The molecule has 21 heavy (non-hydrogen) atoms. The predicted molar refractivity (Wildman–Crippen MR) is 76.5 cm³/mol. The van der Waals surface area contributed by atoms with Gasteiger partial charge in [-0.25, -0.2) is 9.59 Å². The molecule has 1 aromatic rings. The standard InChI is InChI=1S/C14H20N2O5/c1-20-11-5-3-4-10(8-11)6-7-15-14(19)16-9-12(21-2)13(17)18/h3-5,8,12H,6-7,9H2,1-2H3,(H,17,18)(H2,15,16,19). The number of carbonyl (C=O) groups is 2. The molecule has 0 aromatic heterocycles. The number of carboxylic acid groups (broad SMARTS) is 1. The second kappa shape index (κ2) is 8.80. The molecule has 0 radical (unpaired) electrons. The summed E-state index contributed by atoms with van der Waals surface area (Å²) in [7, 11) is 2.88. The SMILES string of the molecule is COc1cccc(CCNC(=O)NCC(OC)C(=O)O)c1. The largest absolute Gasteiger partial charge is 0.497 e. The smallest absolute Gasteiger partial charge is 0.334 e. The third-order valence-electron chi connectivity index (χ3n) is 2.84. The van der Waals surface area contributed by atoms with Crippen LogP contribution in [0, 0.1) is 0 Å². The summed E-state index contributed by atoms with van der Waals surface area (Å²) >= 11 is 0. The summed E-state index contributed by atoms with van der Waals surface area (Å²) < 4.78 is 9.82. The minimum atomic E-state index is -1.12. The summed E-state index contributed by atoms with van der Waals surface area (Å²) in [6.07, 6.45) is -0.397. The summed E-state index contributed by atoms with van der Waals surface area (Å²) in [5.41, 5.74) is 1.04. The molecule has 0 saturated heterocycles. The molecule has 1 rings (SSSR count). The minimum absolute atomic E-state index is 0.0865. The molecule has 0 saturated carbocycles. The van der Waals surface area contributed by atoms with Crippen molar-refractivity contribution in [3.63, 3.8) is 0 Å². The summed E-state index contributed by atoms with van der Waals surface area (Å²) in [5.74, 6) is -0.351. The van der Waals surface area contributed by atoms with Gasteiger partial charge in [-0.05, 0) is 24.1 Å². The summed E-state index contributed by atoms with van der Waals surface area (Å²) in [5, 5.41) is 13.8. The fraction of sp³-hybridized carbons (Fsp3) is 0.429. The maximum atomic E-state index is 11.5. The van der Waals surface area contributed by atoms with Crippen LogP contribution in [0.3, 0.4) is 0 Å². The molecule has 0 aliphatic heterocycles. The molecular weight excluding hydrogens is 276 g/mol. The Balaban J connectivity index is 2.28. The molecule has 1 atom stereocenters. The average molecular weight is 296 g/mol. The van der Waals surface area contributed by atoms with Crippen molar-refractivity contribution in [3.05, 3.63) is 29.8 Å². The number of hydrogen-bond acceptors (Lipinski definition) is 4. The van der Waals surface area contributed by atoms with E-state index in [2.05, 4.69) is 10.6 Å². The van der Waals surface area contributed by atoms with Crippen LogP contribution in [-0.4, -0.2) is 50.5 Å². The van der Waals surface area contributed by atoms with Crippen molar-refractivity contribution in [2.45, 2.75) is 12.5 Å². The highest BCUT2D eigenvalue weighted by molar-refractivity contribution is 5.76. The van der Waals surface area contributed by atoms with Crippen molar-refractivity contribution in [1.82, 2.24) is 10.6 Å². The van der Waals surface area contributed by atoms with E-state index in [1.54, 1.807) is 7.11 Å². The highest BCUT2D eigenvalue weighted by Crippen LogP contribution is 2.12. The number of methoxy groups -OCH3 is 2. The van der Waals surface area contributed by atoms with E-state index in [0.29, 0.717) is 13.0 Å². The van der Waals surface area contributed by atoms with Gasteiger partial charge in [0.05, 0.1) is 13.7 Å². The number of hydrogen-bond donors (Lipinski definition) is 3. The minimum Gasteiger partial charge on any atom is -0.497 e. The fourth-order valence-corrected chi connectivity index (χ4v) is 1.67. The van der Waals surface area contributed by atoms with Gasteiger partial charge >= 0.3 is 12.0 Å². The Bertz CT molecular complexity index is 478. The quantitative estimate of drug-likeness (QED) is 0.654. The topological polar surface area (TPSA) is 96.9 Å². The van der Waals surface area contributed by atoms with Gasteiger partial charge in [0.2, 0.25) is 0 Å². The molecule has 0 bridgehead atoms. The van der Waals surface area contributed by atoms with Crippen molar-refractivity contribution < 1.29 is 24.2 Å². The van der Waals surface area contributed by atoms with Gasteiger partial charge in [-0.3, -0.25) is 0 Å². The normalized spacial score (nSPS) is 11.5. The number of carbonyl (C=O) groups excluding carboxylic acids is 1. The van der Waals surface area contributed by atoms with Crippen molar-refractivity contribution >= 4 is 12.0 Å². The van der Waals surface area contributed by atoms with Gasteiger partial charge in [0.25, 0.3) is 0 Å². The summed E-state index contributed by atoms with van der Waals surface area (Å²) in [6, 6.07) is 7.13. The monoisotopic (exact) mass is 296 g/mol. The number of ether oxygens (including phenoxy) is 2. The molecule has 1 aromatic carbocycles. The Hall–Kier alpha value is -2.28. The van der Waals surface area contributed by atoms with E-state index in [1.165, 1.54) is 7.11 Å². The number of benzene rings is 1. The number of amides is 2. The van der Waals surface area contributed by atoms with Crippen LogP contribution >= 0.6 is 0 Å². The first-order valence-electron chi connectivity index (χ1n) is 6.47. The van der Waals surface area contributed by atoms with Gasteiger partial charge in [0.15, 0.2) is 6.10 Å². The fourth-order valence-electron chi connectivity index (χ4n) is 1.67. The van der Waals surface area contributed by atoms with Gasteiger partial charge in [0, 0.05) is 13.7 Å². The molecule has 1 unspecified atom stereocenters. The van der Waals surface area contributed by atoms with Crippen molar-refractivity contribution in [3.8, 4) is 5.75 Å². The zero-order valence-corrected chi connectivity index (χ0v) is 12.1. The number of nitrogens with one attached hydrogen (secondary N) is 2. The Labute approximate surface area is 123 Å². The lowest BCUT2D eigenvalue weighted by atomic mass is 10.1. The molecule has 0 heterocycles. The van der Waals surface area contributed by atoms with E-state index < -0.39 is 18.1 Å². The van der Waals surface area contributed by atoms with E-state index in [4.69, 9.17) is 14.6 Å². The predicted octanol–water partition coefficient (Wildman–Crippen LogP) is 0.636. The van der Waals surface area contributed by atoms with Crippen molar-refractivity contribution in [2.75, 3.05) is 27.3 Å². The number of rotatable bonds is 8. The molecule has 0 aliphatic rings. The molecule has 116 valence electrons. The summed E-state index contributed by atoms with van der Waals surface area (Å²) in [4.78, 5) is 22.2. The molecule has 2 amide bonds. The van der Waals surface area contributed by atoms with E-state index in [0.717, 1.165) is 11.3 Å². The van der Waals surface area contributed by atoms with Gasteiger partial charge in [-0.2, -0.15) is 0 Å². The van der Waals surface area contributed by atoms with Crippen LogP contribution in [-0.2, 0) is 16.0 Å². The van der Waals surface area contributed by atoms with Gasteiger partial charge in [-0.15, -0.1) is 0 Å². The number of aliphatic carboxylic acids is 1. The third kappa shape index (κ3) is 6.13. The molecule has 0 aliphatic carbocycles. The number of carboxylic acids is 1. The van der Waals surface area contributed by atoms with Crippen LogP contribution in [0.15, 0.2) is 24.3 Å². The second-order valence-electron chi connectivity index (χ2n) is 4.30. The van der Waals surface area contributed by atoms with Crippen LogP contribution < -0.4 is 15.4 Å². The van der Waals surface area contributed by atoms with Gasteiger partial charge in [0.1, 0.15) is 5.75 Å². The number of urea groups is 1. The lowest BCUT2D eigenvalue weighted by Crippen LogP contribution is -2.43. The van der Waals surface area contributed by atoms with Crippen molar-refractivity contribution in [2.24, 2.45) is 0 Å². The van der Waals surface area contributed by atoms with E-state index >= 15 is 0 Å². The van der Waals surface area contributed by atoms with Gasteiger partial charge < -0.3 is 25.2 Å². The lowest BCUT2D eigenvalue weighted by Gasteiger charge is -2.12. The van der Waals surface area contributed by atoms with Crippen molar-refractivity contribution in [1.29, 1.82) is 0 Å². The molecule has 7 heteroatoms. The van der Waals surface area contributed by atoms with Crippen LogP contribution in [0.5, 0.6) is 5.75 Å². The van der Waals surface area contributed by atoms with E-state index in [-0.39, 0.29) is 6.54 Å². The second-order valence-corrected chi connectivity index (χ2v) is 4.30. The first-order chi connectivity index (χ1) is 10.1. The zero-order chi connectivity index (χ0) is 15.7. The highest BCUT2D eigenvalue weighted by Gasteiger charge is 2.16. The van der Waals surface area contributed by atoms with Gasteiger partial charge in [-0.1, -0.05) is 12.1 Å². The molecule has 7 nitrogen and oxygen atoms in total. The zero-order valence-electron chi connectivity index (χ0n) is 12.1.